The van der Waals surface area contributed by atoms with Gasteiger partial charge in [0.1, 0.15) is 16.2 Å². The summed E-state index contributed by atoms with van der Waals surface area (Å²) in [5, 5.41) is 0. The fourth-order valence-electron chi connectivity index (χ4n) is 2.10. The second-order valence-electron chi connectivity index (χ2n) is 5.69. The van der Waals surface area contributed by atoms with Crippen molar-refractivity contribution in [1.82, 2.24) is 0 Å². The topological polar surface area (TPSA) is 43.1 Å². The normalized spacial score (nSPS) is 11.4. The van der Waals surface area contributed by atoms with E-state index in [9.17, 15) is 4.21 Å². The highest BCUT2D eigenvalue weighted by Crippen LogP contribution is 2.12. The van der Waals surface area contributed by atoms with E-state index in [0.717, 1.165) is 12.3 Å². The first-order valence-electron chi connectivity index (χ1n) is 7.75. The minimum Gasteiger partial charge on any atom is -0.291 e. The summed E-state index contributed by atoms with van der Waals surface area (Å²) in [5.74, 6) is 0.861. The fourth-order valence-corrected chi connectivity index (χ4v) is 2.25. The van der Waals surface area contributed by atoms with E-state index in [1.54, 1.807) is 6.08 Å². The fraction of sp³-hybridized carbons (Fsp3) is 0.812. The maximum absolute atomic E-state index is 10.3. The first kappa shape index (κ1) is 18.6. The highest BCUT2D eigenvalue weighted by atomic mass is 32.1. The summed E-state index contributed by atoms with van der Waals surface area (Å²) in [6.07, 6.45) is 17.0. The summed E-state index contributed by atoms with van der Waals surface area (Å²) < 4.78 is 10.3. The molecule has 0 spiro atoms. The van der Waals surface area contributed by atoms with E-state index in [4.69, 9.17) is 5.73 Å². The predicted molar refractivity (Wildman–Crippen MR) is 87.5 cm³/mol. The molecule has 0 atom stereocenters. The van der Waals surface area contributed by atoms with Crippen molar-refractivity contribution in [3.63, 3.8) is 0 Å². The molecule has 0 aromatic heterocycles. The van der Waals surface area contributed by atoms with Crippen LogP contribution in [0.2, 0.25) is 0 Å². The molecule has 0 aliphatic carbocycles. The number of nitrogens with two attached hydrogens (primary N) is 1. The zero-order chi connectivity index (χ0) is 14.3. The second kappa shape index (κ2) is 14.0. The van der Waals surface area contributed by atoms with Gasteiger partial charge >= 0.3 is 0 Å². The van der Waals surface area contributed by atoms with Crippen LogP contribution in [-0.4, -0.2) is 9.20 Å². The molecule has 0 bridgehead atoms. The van der Waals surface area contributed by atoms with E-state index < -0.39 is 0 Å². The smallest absolute Gasteiger partial charge is 0.108 e. The van der Waals surface area contributed by atoms with Crippen LogP contribution in [-0.2, 0) is 11.3 Å². The largest absolute Gasteiger partial charge is 0.291 e. The molecule has 0 aliphatic heterocycles. The van der Waals surface area contributed by atoms with Crippen molar-refractivity contribution in [3.8, 4) is 0 Å². The molecule has 19 heavy (non-hydrogen) atoms. The highest BCUT2D eigenvalue weighted by molar-refractivity contribution is 7.66. The van der Waals surface area contributed by atoms with E-state index >= 15 is 0 Å². The number of rotatable bonds is 12. The van der Waals surface area contributed by atoms with E-state index in [-0.39, 0.29) is 0 Å². The Morgan fingerprint density at radius 1 is 1.00 bits per heavy atom. The monoisotopic (exact) mass is 285 g/mol. The number of hydrogen-bond donors (Lipinski definition) is 1. The number of allylic oxidation sites excluding steroid dienone is 1. The molecule has 112 valence electrons. The third-order valence-corrected chi connectivity index (χ3v) is 3.61. The van der Waals surface area contributed by atoms with Gasteiger partial charge in [-0.2, -0.15) is 0 Å². The molecule has 0 unspecified atom stereocenters. The van der Waals surface area contributed by atoms with Gasteiger partial charge in [-0.15, -0.1) is 0 Å². The van der Waals surface area contributed by atoms with Crippen molar-refractivity contribution in [2.24, 2.45) is 11.7 Å². The molecule has 0 aliphatic rings. The van der Waals surface area contributed by atoms with Gasteiger partial charge < -0.3 is 0 Å². The predicted octanol–water partition coefficient (Wildman–Crippen LogP) is 4.40. The molecule has 0 fully saturated rings. The zero-order valence-electron chi connectivity index (χ0n) is 12.7. The molecule has 0 aromatic carbocycles. The van der Waals surface area contributed by atoms with Crippen molar-refractivity contribution < 1.29 is 4.21 Å². The van der Waals surface area contributed by atoms with Crippen LogP contribution in [0.5, 0.6) is 0 Å². The van der Waals surface area contributed by atoms with Gasteiger partial charge in [0.25, 0.3) is 0 Å². The van der Waals surface area contributed by atoms with Crippen LogP contribution in [0, 0.1) is 5.92 Å². The van der Waals surface area contributed by atoms with Crippen LogP contribution in [0.1, 0.15) is 78.1 Å². The van der Waals surface area contributed by atoms with Gasteiger partial charge in [0.2, 0.25) is 0 Å². The van der Waals surface area contributed by atoms with Crippen LogP contribution in [0.15, 0.2) is 12.2 Å². The Morgan fingerprint density at radius 3 is 2.05 bits per heavy atom. The van der Waals surface area contributed by atoms with Crippen molar-refractivity contribution in [1.29, 1.82) is 0 Å². The van der Waals surface area contributed by atoms with Gasteiger partial charge in [0.15, 0.2) is 0 Å². The molecular weight excluding hydrogens is 254 g/mol. The second-order valence-corrected chi connectivity index (χ2v) is 6.33. The van der Waals surface area contributed by atoms with Crippen LogP contribution in [0.25, 0.3) is 0 Å². The van der Waals surface area contributed by atoms with Crippen LogP contribution < -0.4 is 5.73 Å². The first-order chi connectivity index (χ1) is 9.16. The summed E-state index contributed by atoms with van der Waals surface area (Å²) >= 11 is 0.365. The highest BCUT2D eigenvalue weighted by Gasteiger charge is 1.95. The molecular formula is C16H31NOS. The zero-order valence-corrected chi connectivity index (χ0v) is 13.5. The summed E-state index contributed by atoms with van der Waals surface area (Å²) in [4.78, 5) is 0.362. The summed E-state index contributed by atoms with van der Waals surface area (Å²) in [7, 11) is 0. The van der Waals surface area contributed by atoms with Gasteiger partial charge in [-0.25, -0.2) is 4.21 Å². The summed E-state index contributed by atoms with van der Waals surface area (Å²) in [6, 6.07) is 0. The Hall–Kier alpha value is -0.410. The molecule has 0 saturated heterocycles. The minimum atomic E-state index is 0.362. The Morgan fingerprint density at radius 2 is 1.53 bits per heavy atom. The molecule has 0 radical (unpaired) electrons. The van der Waals surface area contributed by atoms with Gasteiger partial charge in [-0.1, -0.05) is 71.3 Å². The lowest BCUT2D eigenvalue weighted by atomic mass is 10.0. The molecule has 0 heterocycles. The van der Waals surface area contributed by atoms with Gasteiger partial charge in [-0.05, 0) is 24.8 Å². The molecule has 3 heteroatoms. The van der Waals surface area contributed by atoms with Crippen molar-refractivity contribution in [3.05, 3.63) is 12.2 Å². The van der Waals surface area contributed by atoms with Crippen LogP contribution in [0.4, 0.5) is 0 Å². The van der Waals surface area contributed by atoms with E-state index in [2.05, 4.69) is 13.8 Å². The van der Waals surface area contributed by atoms with Crippen molar-refractivity contribution in [2.45, 2.75) is 78.1 Å². The molecule has 2 nitrogen and oxygen atoms in total. The third kappa shape index (κ3) is 15.5. The maximum Gasteiger partial charge on any atom is 0.108 e. The lowest BCUT2D eigenvalue weighted by Gasteiger charge is -2.04. The SMILES string of the molecule is CC(C)CCCCCCCCCC/C=C/C(N)=S=O. The van der Waals surface area contributed by atoms with Gasteiger partial charge in [-0.3, -0.25) is 5.73 Å². The molecule has 2 N–H and O–H groups in total. The maximum atomic E-state index is 10.3. The number of unbranched alkanes of at least 4 members (excludes halogenated alkanes) is 8. The standard InChI is InChI=1S/C16H31NOS/c1-15(2)13-11-9-7-5-3-4-6-8-10-12-14-16(17)19-18/h12,14-15H,3-11,13,17H2,1-2H3/b14-12+. The number of hydrogen-bond acceptors (Lipinski definition) is 1. The van der Waals surface area contributed by atoms with E-state index in [1.165, 1.54) is 57.8 Å². The molecule has 0 rings (SSSR count). The Balaban J connectivity index is 3.15. The van der Waals surface area contributed by atoms with Crippen LogP contribution in [0.3, 0.4) is 0 Å². The Bertz CT molecular complexity index is 280. The Labute approximate surface area is 122 Å². The van der Waals surface area contributed by atoms with E-state index in [0.29, 0.717) is 16.2 Å². The average Bonchev–Trinajstić information content (AvgIpc) is 2.39. The summed E-state index contributed by atoms with van der Waals surface area (Å²) in [6.45, 7) is 4.60. The average molecular weight is 285 g/mol. The first-order valence-corrected chi connectivity index (χ1v) is 8.49. The van der Waals surface area contributed by atoms with Gasteiger partial charge in [0, 0.05) is 0 Å². The van der Waals surface area contributed by atoms with Crippen molar-refractivity contribution >= 4 is 16.2 Å². The third-order valence-electron chi connectivity index (χ3n) is 3.28. The minimum absolute atomic E-state index is 0.362. The van der Waals surface area contributed by atoms with E-state index in [1.807, 2.05) is 6.08 Å². The quantitative estimate of drug-likeness (QED) is 0.328. The van der Waals surface area contributed by atoms with Crippen molar-refractivity contribution in [2.75, 3.05) is 0 Å². The summed E-state index contributed by atoms with van der Waals surface area (Å²) in [5.41, 5.74) is 5.39. The lowest BCUT2D eigenvalue weighted by Crippen LogP contribution is -2.05. The molecule has 0 saturated carbocycles. The van der Waals surface area contributed by atoms with Crippen LogP contribution >= 0.6 is 0 Å². The van der Waals surface area contributed by atoms with Gasteiger partial charge in [0.05, 0.1) is 0 Å². The molecule has 0 aromatic rings. The molecule has 0 amide bonds. The Kier molecular flexibility index (Phi) is 13.7. The lowest BCUT2D eigenvalue weighted by molar-refractivity contribution is 0.507.